The molecule has 2 saturated carbocycles. The Bertz CT molecular complexity index is 1380. The summed E-state index contributed by atoms with van der Waals surface area (Å²) in [6.45, 7) is 1.98. The minimum absolute atomic E-state index is 0.101. The maximum Gasteiger partial charge on any atom is 0.490 e. The number of nitrogens with zero attached hydrogens (tertiary/aromatic N) is 1. The number of carbonyl (C=O) groups excluding carboxylic acids is 1. The minimum Gasteiger partial charge on any atom is -0.493 e. The van der Waals surface area contributed by atoms with Crippen LogP contribution in [0.3, 0.4) is 0 Å². The maximum atomic E-state index is 14.4. The number of aliphatic carboxylic acids is 1. The average molecular weight is 650 g/mol. The molecule has 0 spiro atoms. The summed E-state index contributed by atoms with van der Waals surface area (Å²) in [5.41, 5.74) is -0.818. The Morgan fingerprint density at radius 2 is 1.67 bits per heavy atom. The summed E-state index contributed by atoms with van der Waals surface area (Å²) in [4.78, 5) is 24.2. The summed E-state index contributed by atoms with van der Waals surface area (Å²) in [6.07, 6.45) is -4.24. The van der Waals surface area contributed by atoms with Crippen LogP contribution in [0.4, 0.5) is 41.2 Å². The molecule has 0 radical (unpaired) electrons. The molecule has 2 aromatic rings. The van der Waals surface area contributed by atoms with Crippen molar-refractivity contribution in [2.75, 3.05) is 32.6 Å². The lowest BCUT2D eigenvalue weighted by atomic mass is 9.65. The highest BCUT2D eigenvalue weighted by atomic mass is 19.4. The molecule has 2 aromatic carbocycles. The molecule has 1 aliphatic heterocycles. The quantitative estimate of drug-likeness (QED) is 0.293. The Hall–Kier alpha value is -3.75. The van der Waals surface area contributed by atoms with Gasteiger partial charge in [-0.05, 0) is 80.8 Å². The molecule has 3 atom stereocenters. The van der Waals surface area contributed by atoms with Crippen molar-refractivity contribution in [3.05, 3.63) is 53.3 Å². The first-order valence-electron chi connectivity index (χ1n) is 14.3. The second kappa shape index (κ2) is 13.3. The van der Waals surface area contributed by atoms with Crippen molar-refractivity contribution in [3.63, 3.8) is 0 Å². The molecule has 3 unspecified atom stereocenters. The summed E-state index contributed by atoms with van der Waals surface area (Å²) in [6, 6.07) is 8.24. The predicted molar refractivity (Wildman–Crippen MR) is 149 cm³/mol. The fraction of sp³-hybridized carbons (Fsp3) is 0.533. The van der Waals surface area contributed by atoms with Gasteiger partial charge in [0, 0.05) is 24.0 Å². The number of carboxylic acid groups (broad SMARTS) is 1. The Morgan fingerprint density at radius 1 is 1.00 bits per heavy atom. The highest BCUT2D eigenvalue weighted by Crippen LogP contribution is 2.51. The number of carboxylic acids is 1. The van der Waals surface area contributed by atoms with E-state index in [0.29, 0.717) is 36.3 Å². The van der Waals surface area contributed by atoms with Gasteiger partial charge >= 0.3 is 24.4 Å². The van der Waals surface area contributed by atoms with E-state index in [1.165, 1.54) is 18.4 Å². The van der Waals surface area contributed by atoms with E-state index in [1.807, 2.05) is 6.07 Å². The van der Waals surface area contributed by atoms with E-state index < -0.39 is 41.4 Å². The summed E-state index contributed by atoms with van der Waals surface area (Å²) < 4.78 is 96.4. The Labute approximate surface area is 254 Å². The van der Waals surface area contributed by atoms with E-state index in [1.54, 1.807) is 14.2 Å². The molecular weight excluding hydrogens is 615 g/mol. The Balaban J connectivity index is 0.000000591. The number of hydrogen-bond donors (Lipinski definition) is 3. The Kier molecular flexibility index (Phi) is 10.1. The van der Waals surface area contributed by atoms with Crippen LogP contribution in [-0.4, -0.2) is 67.6 Å². The van der Waals surface area contributed by atoms with E-state index in [2.05, 4.69) is 27.7 Å². The van der Waals surface area contributed by atoms with Gasteiger partial charge in [0.15, 0.2) is 17.3 Å². The summed E-state index contributed by atoms with van der Waals surface area (Å²) in [7, 11) is 3.23. The summed E-state index contributed by atoms with van der Waals surface area (Å²) >= 11 is 0. The average Bonchev–Trinajstić information content (AvgIpc) is 3.72. The third-order valence-corrected chi connectivity index (χ3v) is 8.65. The number of benzene rings is 2. The molecule has 2 aliphatic carbocycles. The van der Waals surface area contributed by atoms with Crippen molar-refractivity contribution in [1.82, 2.24) is 10.2 Å². The first-order valence-corrected chi connectivity index (χ1v) is 14.3. The number of fused-ring (bicyclic) bond motifs is 1. The first kappa shape index (κ1) is 34.1. The van der Waals surface area contributed by atoms with Gasteiger partial charge in [-0.1, -0.05) is 12.1 Å². The van der Waals surface area contributed by atoms with Crippen molar-refractivity contribution in [2.24, 2.45) is 5.92 Å². The van der Waals surface area contributed by atoms with Gasteiger partial charge in [0.25, 0.3) is 0 Å². The van der Waals surface area contributed by atoms with Crippen molar-refractivity contribution in [3.8, 4) is 11.5 Å². The van der Waals surface area contributed by atoms with Crippen LogP contribution in [0.25, 0.3) is 0 Å². The number of methoxy groups -OCH3 is 2. The normalized spacial score (nSPS) is 23.3. The largest absolute Gasteiger partial charge is 0.493 e. The van der Waals surface area contributed by atoms with Gasteiger partial charge in [-0.3, -0.25) is 4.90 Å². The predicted octanol–water partition coefficient (Wildman–Crippen LogP) is 6.59. The number of nitrogens with one attached hydrogen (secondary N) is 2. The monoisotopic (exact) mass is 649 g/mol. The number of likely N-dealkylation sites (tertiary alicyclic amines) is 1. The van der Waals surface area contributed by atoms with E-state index >= 15 is 0 Å². The molecule has 2 amide bonds. The molecule has 248 valence electrons. The number of halogens is 7. The molecular formula is C30H34F7N3O5. The van der Waals surface area contributed by atoms with Crippen LogP contribution < -0.4 is 20.1 Å². The lowest BCUT2D eigenvalue weighted by Gasteiger charge is -2.45. The zero-order valence-electron chi connectivity index (χ0n) is 24.5. The number of anilines is 1. The fourth-order valence-corrected chi connectivity index (χ4v) is 6.30. The summed E-state index contributed by atoms with van der Waals surface area (Å²) in [5, 5.41) is 12.3. The molecule has 3 fully saturated rings. The zero-order valence-corrected chi connectivity index (χ0v) is 24.5. The first-order chi connectivity index (χ1) is 21.1. The molecule has 15 heteroatoms. The number of rotatable bonds is 7. The SMILES string of the molecule is COc1ccc(C23CCC(NC(=O)Nc4cccc(C(F)(F)F)c4F)CC2N(CC2CC2)CC3)cc1OC.O=C(O)C(F)(F)F. The number of hydrogen-bond acceptors (Lipinski definition) is 5. The third kappa shape index (κ3) is 7.92. The number of alkyl halides is 6. The van der Waals surface area contributed by atoms with Gasteiger partial charge in [0.2, 0.25) is 0 Å². The van der Waals surface area contributed by atoms with Crippen LogP contribution >= 0.6 is 0 Å². The van der Waals surface area contributed by atoms with E-state index in [9.17, 15) is 35.5 Å². The smallest absolute Gasteiger partial charge is 0.490 e. The minimum atomic E-state index is -5.08. The van der Waals surface area contributed by atoms with Crippen molar-refractivity contribution in [1.29, 1.82) is 0 Å². The van der Waals surface area contributed by atoms with Gasteiger partial charge in [0.1, 0.15) is 0 Å². The third-order valence-electron chi connectivity index (χ3n) is 8.65. The standard InChI is InChI=1S/C28H33F4N3O3.C2HF3O2/c1-37-22-9-8-18(14-23(22)38-2)27-11-10-19(15-24(27)35(13-12-27)16-17-6-7-17)33-26(36)34-21-5-3-4-20(25(21)29)28(30,31)32;3-2(4,5)1(6)7/h3-5,8-9,14,17,19,24H,6-7,10-13,15-16H2,1-2H3,(H2,33,34,36);(H,6,7). The highest BCUT2D eigenvalue weighted by Gasteiger charge is 2.52. The fourth-order valence-electron chi connectivity index (χ4n) is 6.30. The van der Waals surface area contributed by atoms with Crippen LogP contribution in [0.15, 0.2) is 36.4 Å². The van der Waals surface area contributed by atoms with Crippen molar-refractivity contribution < 1.29 is 54.9 Å². The molecule has 5 rings (SSSR count). The summed E-state index contributed by atoms with van der Waals surface area (Å²) in [5.74, 6) is -2.19. The lowest BCUT2D eigenvalue weighted by molar-refractivity contribution is -0.192. The second-order valence-electron chi connectivity index (χ2n) is 11.5. The molecule has 0 aromatic heterocycles. The number of amides is 2. The molecule has 3 aliphatic rings. The van der Waals surface area contributed by atoms with E-state index in [4.69, 9.17) is 19.4 Å². The lowest BCUT2D eigenvalue weighted by Crippen LogP contribution is -2.53. The highest BCUT2D eigenvalue weighted by molar-refractivity contribution is 5.89. The molecule has 1 saturated heterocycles. The van der Waals surface area contributed by atoms with Crippen molar-refractivity contribution in [2.45, 2.75) is 68.4 Å². The molecule has 0 bridgehead atoms. The topological polar surface area (TPSA) is 100 Å². The second-order valence-corrected chi connectivity index (χ2v) is 11.5. The van der Waals surface area contributed by atoms with Crippen molar-refractivity contribution >= 4 is 17.7 Å². The van der Waals surface area contributed by atoms with E-state index in [-0.39, 0.29) is 17.5 Å². The molecule has 1 heterocycles. The molecule has 8 nitrogen and oxygen atoms in total. The number of urea groups is 1. The van der Waals surface area contributed by atoms with Crippen LogP contribution in [0.5, 0.6) is 11.5 Å². The van der Waals surface area contributed by atoms with Gasteiger partial charge < -0.3 is 25.2 Å². The van der Waals surface area contributed by atoms with Gasteiger partial charge in [-0.25, -0.2) is 14.0 Å². The Morgan fingerprint density at radius 3 is 2.24 bits per heavy atom. The maximum absolute atomic E-state index is 14.4. The van der Waals surface area contributed by atoms with Gasteiger partial charge in [-0.2, -0.15) is 26.3 Å². The zero-order chi connectivity index (χ0) is 33.2. The number of carbonyl (C=O) groups is 2. The van der Waals surface area contributed by atoms with Crippen LogP contribution in [-0.2, 0) is 16.4 Å². The van der Waals surface area contributed by atoms with E-state index in [0.717, 1.165) is 38.1 Å². The van der Waals surface area contributed by atoms with Gasteiger partial charge in [0.05, 0.1) is 25.5 Å². The molecule has 3 N–H and O–H groups in total. The van der Waals surface area contributed by atoms with Gasteiger partial charge in [-0.15, -0.1) is 0 Å². The van der Waals surface area contributed by atoms with Crippen LogP contribution in [0.1, 0.15) is 49.7 Å². The van der Waals surface area contributed by atoms with Crippen LogP contribution in [0, 0.1) is 11.7 Å². The van der Waals surface area contributed by atoms with Crippen LogP contribution in [0.2, 0.25) is 0 Å². The number of ether oxygens (including phenoxy) is 2. The molecule has 45 heavy (non-hydrogen) atoms.